The number of halogens is 1. The molecule has 1 aromatic carbocycles. The van der Waals surface area contributed by atoms with Crippen LogP contribution in [-0.2, 0) is 10.2 Å². The molecule has 0 bridgehead atoms. The Morgan fingerprint density at radius 2 is 1.71 bits per heavy atom. The van der Waals surface area contributed by atoms with E-state index in [0.29, 0.717) is 24.5 Å². The number of rotatable bonds is 10. The van der Waals surface area contributed by atoms with Crippen LogP contribution < -0.4 is 16.4 Å². The van der Waals surface area contributed by atoms with Crippen molar-refractivity contribution in [1.29, 1.82) is 0 Å². The highest BCUT2D eigenvalue weighted by Crippen LogP contribution is 2.31. The van der Waals surface area contributed by atoms with E-state index in [0.717, 1.165) is 25.7 Å². The van der Waals surface area contributed by atoms with E-state index in [-0.39, 0.29) is 11.3 Å². The van der Waals surface area contributed by atoms with Crippen molar-refractivity contribution in [1.82, 2.24) is 10.6 Å². The minimum absolute atomic E-state index is 0.0364. The van der Waals surface area contributed by atoms with Gasteiger partial charge in [-0.15, -0.1) is 0 Å². The Labute approximate surface area is 149 Å². The Morgan fingerprint density at radius 3 is 2.25 bits per heavy atom. The number of amides is 3. The molecule has 0 aliphatic carbocycles. The van der Waals surface area contributed by atoms with E-state index in [1.165, 1.54) is 5.56 Å². The molecule has 0 saturated heterocycles. The maximum Gasteiger partial charge on any atom is 0.312 e. The average molecular weight is 354 g/mol. The summed E-state index contributed by atoms with van der Waals surface area (Å²) in [4.78, 5) is 22.6. The Hall–Kier alpha value is -1.75. The molecule has 5 nitrogen and oxygen atoms in total. The summed E-state index contributed by atoms with van der Waals surface area (Å²) in [5.41, 5.74) is 6.11. The van der Waals surface area contributed by atoms with Gasteiger partial charge in [0.25, 0.3) is 0 Å². The van der Waals surface area contributed by atoms with Crippen molar-refractivity contribution in [2.24, 2.45) is 5.73 Å². The summed E-state index contributed by atoms with van der Waals surface area (Å²) >= 11 is 5.97. The third-order valence-electron chi connectivity index (χ3n) is 4.56. The quantitative estimate of drug-likeness (QED) is 0.563. The number of hydrogen-bond donors (Lipinski definition) is 3. The van der Waals surface area contributed by atoms with Crippen molar-refractivity contribution in [2.45, 2.75) is 51.4 Å². The lowest BCUT2D eigenvalue weighted by Crippen LogP contribution is -2.40. The molecule has 6 heteroatoms. The van der Waals surface area contributed by atoms with Crippen molar-refractivity contribution in [2.75, 3.05) is 13.1 Å². The van der Waals surface area contributed by atoms with E-state index in [1.54, 1.807) is 0 Å². The van der Waals surface area contributed by atoms with Crippen LogP contribution in [0.1, 0.15) is 51.5 Å². The molecular formula is C18H28ClN3O2. The highest BCUT2D eigenvalue weighted by molar-refractivity contribution is 6.30. The fourth-order valence-corrected chi connectivity index (χ4v) is 2.92. The number of carbonyl (C=O) groups excluding carboxylic acids is 2. The van der Waals surface area contributed by atoms with Gasteiger partial charge in [-0.25, -0.2) is 4.79 Å². The Bertz CT molecular complexity index is 528. The number of hydrogen-bond acceptors (Lipinski definition) is 2. The molecule has 0 heterocycles. The molecule has 0 saturated carbocycles. The van der Waals surface area contributed by atoms with Crippen LogP contribution in [0.15, 0.2) is 24.3 Å². The Balaban J connectivity index is 2.49. The van der Waals surface area contributed by atoms with Gasteiger partial charge in [0.15, 0.2) is 0 Å². The van der Waals surface area contributed by atoms with Gasteiger partial charge in [-0.2, -0.15) is 0 Å². The number of benzene rings is 1. The molecule has 0 radical (unpaired) electrons. The first kappa shape index (κ1) is 20.3. The van der Waals surface area contributed by atoms with Crippen LogP contribution in [0.5, 0.6) is 0 Å². The van der Waals surface area contributed by atoms with Gasteiger partial charge in [0, 0.05) is 29.9 Å². The van der Waals surface area contributed by atoms with Gasteiger partial charge < -0.3 is 16.4 Å². The van der Waals surface area contributed by atoms with Crippen molar-refractivity contribution < 1.29 is 9.59 Å². The number of nitrogens with two attached hydrogens (primary N) is 1. The van der Waals surface area contributed by atoms with Gasteiger partial charge in [-0.05, 0) is 43.4 Å². The summed E-state index contributed by atoms with van der Waals surface area (Å²) in [7, 11) is 0. The molecule has 0 unspecified atom stereocenters. The van der Waals surface area contributed by atoms with Crippen LogP contribution in [0.2, 0.25) is 5.02 Å². The summed E-state index contributed by atoms with van der Waals surface area (Å²) in [6.07, 6.45) is 3.78. The molecule has 0 spiro atoms. The highest BCUT2D eigenvalue weighted by atomic mass is 35.5. The highest BCUT2D eigenvalue weighted by Gasteiger charge is 2.28. The van der Waals surface area contributed by atoms with Gasteiger partial charge in [-0.3, -0.25) is 4.79 Å². The monoisotopic (exact) mass is 353 g/mol. The lowest BCUT2D eigenvalue weighted by Gasteiger charge is -2.32. The smallest absolute Gasteiger partial charge is 0.312 e. The summed E-state index contributed by atoms with van der Waals surface area (Å²) in [6.45, 7) is 5.39. The lowest BCUT2D eigenvalue weighted by molar-refractivity contribution is -0.121. The molecule has 24 heavy (non-hydrogen) atoms. The third-order valence-corrected chi connectivity index (χ3v) is 4.82. The normalized spacial score (nSPS) is 11.1. The van der Waals surface area contributed by atoms with E-state index < -0.39 is 6.03 Å². The molecule has 1 rings (SSSR count). The number of carbonyl (C=O) groups is 2. The maximum absolute atomic E-state index is 12.1. The zero-order chi connectivity index (χ0) is 18.0. The second-order valence-corrected chi connectivity index (χ2v) is 6.46. The number of primary amides is 1. The van der Waals surface area contributed by atoms with E-state index in [1.807, 2.05) is 24.3 Å². The first-order chi connectivity index (χ1) is 11.4. The Morgan fingerprint density at radius 1 is 1.08 bits per heavy atom. The fraction of sp³-hybridized carbons (Fsp3) is 0.556. The summed E-state index contributed by atoms with van der Waals surface area (Å²) < 4.78 is 0. The van der Waals surface area contributed by atoms with E-state index in [9.17, 15) is 9.59 Å². The molecule has 0 atom stereocenters. The minimum atomic E-state index is -0.530. The predicted octanol–water partition coefficient (Wildman–Crippen LogP) is 3.35. The van der Waals surface area contributed by atoms with Gasteiger partial charge in [-0.1, -0.05) is 37.6 Å². The third kappa shape index (κ3) is 6.40. The maximum atomic E-state index is 12.1. The van der Waals surface area contributed by atoms with E-state index >= 15 is 0 Å². The number of urea groups is 1. The predicted molar refractivity (Wildman–Crippen MR) is 98.2 cm³/mol. The topological polar surface area (TPSA) is 84.2 Å². The molecule has 0 aliphatic rings. The van der Waals surface area contributed by atoms with Crippen molar-refractivity contribution in [3.8, 4) is 0 Å². The zero-order valence-electron chi connectivity index (χ0n) is 14.5. The first-order valence-corrected chi connectivity index (χ1v) is 8.87. The number of unbranched alkanes of at least 4 members (excludes halogenated alkanes) is 1. The number of nitrogens with one attached hydrogen (secondary N) is 2. The molecule has 0 aliphatic heterocycles. The molecule has 3 amide bonds. The first-order valence-electron chi connectivity index (χ1n) is 8.49. The molecule has 1 aromatic rings. The lowest BCUT2D eigenvalue weighted by atomic mass is 9.76. The summed E-state index contributed by atoms with van der Waals surface area (Å²) in [6, 6.07) is 7.33. The molecule has 4 N–H and O–H groups in total. The summed E-state index contributed by atoms with van der Waals surface area (Å²) in [5.74, 6) is 0.0364. The zero-order valence-corrected chi connectivity index (χ0v) is 15.3. The van der Waals surface area contributed by atoms with E-state index in [2.05, 4.69) is 24.5 Å². The standard InChI is InChI=1S/C18H28ClN3O2/c1-3-18(4-2,14-8-10-15(19)11-9-14)13-22-16(23)7-5-6-12-21-17(20)24/h8-11H,3-7,12-13H2,1-2H3,(H,22,23)(H3,20,21,24). The second kappa shape index (κ2) is 10.2. The fourth-order valence-electron chi connectivity index (χ4n) is 2.79. The van der Waals surface area contributed by atoms with Crippen LogP contribution >= 0.6 is 11.6 Å². The van der Waals surface area contributed by atoms with Crippen molar-refractivity contribution in [3.05, 3.63) is 34.9 Å². The van der Waals surface area contributed by atoms with Gasteiger partial charge in [0.05, 0.1) is 0 Å². The van der Waals surface area contributed by atoms with Gasteiger partial charge >= 0.3 is 6.03 Å². The van der Waals surface area contributed by atoms with Gasteiger partial charge in [0.1, 0.15) is 0 Å². The Kier molecular flexibility index (Phi) is 8.61. The van der Waals surface area contributed by atoms with Crippen LogP contribution in [0.4, 0.5) is 4.79 Å². The van der Waals surface area contributed by atoms with E-state index in [4.69, 9.17) is 17.3 Å². The molecule has 134 valence electrons. The van der Waals surface area contributed by atoms with Crippen LogP contribution in [0.25, 0.3) is 0 Å². The SMILES string of the molecule is CCC(CC)(CNC(=O)CCCCNC(N)=O)c1ccc(Cl)cc1. The average Bonchev–Trinajstić information content (AvgIpc) is 2.57. The van der Waals surface area contributed by atoms with Crippen LogP contribution in [0.3, 0.4) is 0 Å². The molecule has 0 fully saturated rings. The van der Waals surface area contributed by atoms with Crippen molar-refractivity contribution >= 4 is 23.5 Å². The van der Waals surface area contributed by atoms with Gasteiger partial charge in [0.2, 0.25) is 5.91 Å². The summed E-state index contributed by atoms with van der Waals surface area (Å²) in [5, 5.41) is 6.29. The second-order valence-electron chi connectivity index (χ2n) is 6.02. The molecule has 0 aromatic heterocycles. The minimum Gasteiger partial charge on any atom is -0.355 e. The largest absolute Gasteiger partial charge is 0.355 e. The van der Waals surface area contributed by atoms with Crippen molar-refractivity contribution in [3.63, 3.8) is 0 Å². The van der Waals surface area contributed by atoms with Crippen LogP contribution in [-0.4, -0.2) is 25.0 Å². The molecular weight excluding hydrogens is 326 g/mol. The van der Waals surface area contributed by atoms with Crippen LogP contribution in [0, 0.1) is 0 Å².